The second-order valence-corrected chi connectivity index (χ2v) is 7.33. The maximum atomic E-state index is 13.5. The molecule has 3 aromatic rings. The normalized spacial score (nSPS) is 12.0. The number of halogens is 2. The van der Waals surface area contributed by atoms with Crippen LogP contribution in [0.25, 0.3) is 10.2 Å². The summed E-state index contributed by atoms with van der Waals surface area (Å²) in [6.45, 7) is 0. The van der Waals surface area contributed by atoms with Gasteiger partial charge in [-0.25, -0.2) is 13.8 Å². The third-order valence-electron chi connectivity index (χ3n) is 4.22. The highest BCUT2D eigenvalue weighted by Crippen LogP contribution is 2.23. The third-order valence-corrected chi connectivity index (χ3v) is 5.32. The minimum atomic E-state index is -1.09. The van der Waals surface area contributed by atoms with Crippen molar-refractivity contribution in [3.05, 3.63) is 64.7 Å². The Morgan fingerprint density at radius 3 is 2.64 bits per heavy atom. The van der Waals surface area contributed by atoms with Crippen LogP contribution >= 0.6 is 11.3 Å². The van der Waals surface area contributed by atoms with E-state index in [2.05, 4.69) is 15.6 Å². The molecule has 0 saturated heterocycles. The van der Waals surface area contributed by atoms with Gasteiger partial charge < -0.3 is 10.6 Å². The molecule has 0 aliphatic carbocycles. The quantitative estimate of drug-likeness (QED) is 0.634. The topological polar surface area (TPSA) is 71.1 Å². The lowest BCUT2D eigenvalue weighted by Crippen LogP contribution is -2.39. The van der Waals surface area contributed by atoms with Crippen LogP contribution in [0.15, 0.2) is 42.5 Å². The first-order valence-electron chi connectivity index (χ1n) is 8.78. The van der Waals surface area contributed by atoms with Crippen molar-refractivity contribution in [1.29, 1.82) is 0 Å². The Kier molecular flexibility index (Phi) is 6.30. The van der Waals surface area contributed by atoms with E-state index < -0.39 is 23.6 Å². The molecule has 146 valence electrons. The molecule has 0 saturated carbocycles. The van der Waals surface area contributed by atoms with Gasteiger partial charge in [0.25, 0.3) is 0 Å². The van der Waals surface area contributed by atoms with Gasteiger partial charge >= 0.3 is 0 Å². The predicted molar refractivity (Wildman–Crippen MR) is 104 cm³/mol. The minimum absolute atomic E-state index is 0.178. The lowest BCUT2D eigenvalue weighted by Gasteiger charge is -2.18. The number of nitrogens with zero attached hydrogens (tertiary/aromatic N) is 1. The highest BCUT2D eigenvalue weighted by Gasteiger charge is 2.23. The number of aromatic nitrogens is 1. The smallest absolute Gasteiger partial charge is 0.246 e. The highest BCUT2D eigenvalue weighted by molar-refractivity contribution is 7.18. The molecule has 5 nitrogen and oxygen atoms in total. The van der Waals surface area contributed by atoms with Crippen LogP contribution in [0.2, 0.25) is 0 Å². The number of carbonyl (C=O) groups is 2. The van der Waals surface area contributed by atoms with Crippen molar-refractivity contribution in [1.82, 2.24) is 15.6 Å². The molecule has 2 N–H and O–H groups in total. The summed E-state index contributed by atoms with van der Waals surface area (Å²) in [5, 5.41) is 5.95. The van der Waals surface area contributed by atoms with Crippen LogP contribution < -0.4 is 10.6 Å². The summed E-state index contributed by atoms with van der Waals surface area (Å²) < 4.78 is 27.7. The van der Waals surface area contributed by atoms with E-state index in [-0.39, 0.29) is 17.9 Å². The van der Waals surface area contributed by atoms with Crippen molar-refractivity contribution in [3.63, 3.8) is 0 Å². The van der Waals surface area contributed by atoms with Gasteiger partial charge in [-0.05, 0) is 42.7 Å². The standard InChI is InChI=1S/C20H19F2N3O2S/c1-23-20(27)19(12-9-10-13(21)14(22)11-12)25-17(26)7-4-8-18-24-15-5-2-3-6-16(15)28-18/h2-3,5-6,9-11,19H,4,7-8H2,1H3,(H,23,27)(H,25,26). The van der Waals surface area contributed by atoms with E-state index >= 15 is 0 Å². The highest BCUT2D eigenvalue weighted by atomic mass is 32.1. The number of benzene rings is 2. The summed E-state index contributed by atoms with van der Waals surface area (Å²) in [5.74, 6) is -2.94. The number of fused-ring (bicyclic) bond motifs is 1. The molecule has 0 fully saturated rings. The largest absolute Gasteiger partial charge is 0.357 e. The van der Waals surface area contributed by atoms with Gasteiger partial charge in [-0.2, -0.15) is 0 Å². The van der Waals surface area contributed by atoms with Crippen LogP contribution in [0.1, 0.15) is 29.5 Å². The molecule has 8 heteroatoms. The number of likely N-dealkylation sites (N-methyl/N-ethyl adjacent to an activating group) is 1. The summed E-state index contributed by atoms with van der Waals surface area (Å²) >= 11 is 1.59. The average molecular weight is 403 g/mol. The van der Waals surface area contributed by atoms with Gasteiger partial charge in [0, 0.05) is 13.5 Å². The van der Waals surface area contributed by atoms with E-state index in [1.54, 1.807) is 11.3 Å². The average Bonchev–Trinajstić information content (AvgIpc) is 3.10. The Morgan fingerprint density at radius 1 is 1.14 bits per heavy atom. The van der Waals surface area contributed by atoms with Gasteiger partial charge in [0.1, 0.15) is 6.04 Å². The molecule has 2 aromatic carbocycles. The molecule has 0 aliphatic rings. The minimum Gasteiger partial charge on any atom is -0.357 e. The Bertz CT molecular complexity index is 973. The first-order chi connectivity index (χ1) is 13.5. The lowest BCUT2D eigenvalue weighted by atomic mass is 10.1. The summed E-state index contributed by atoms with van der Waals surface area (Å²) in [5.41, 5.74) is 1.11. The number of para-hydroxylation sites is 1. The predicted octanol–water partition coefficient (Wildman–Crippen LogP) is 3.50. The van der Waals surface area contributed by atoms with Crippen molar-refractivity contribution in [3.8, 4) is 0 Å². The van der Waals surface area contributed by atoms with Gasteiger partial charge in [-0.15, -0.1) is 11.3 Å². The summed E-state index contributed by atoms with van der Waals surface area (Å²) in [6.07, 6.45) is 1.39. The van der Waals surface area contributed by atoms with Crippen molar-refractivity contribution in [2.45, 2.75) is 25.3 Å². The number of carbonyl (C=O) groups excluding carboxylic acids is 2. The van der Waals surface area contributed by atoms with Crippen LogP contribution in [-0.2, 0) is 16.0 Å². The summed E-state index contributed by atoms with van der Waals surface area (Å²) in [7, 11) is 1.41. The SMILES string of the molecule is CNC(=O)C(NC(=O)CCCc1nc2ccccc2s1)c1ccc(F)c(F)c1. The molecule has 0 bridgehead atoms. The van der Waals surface area contributed by atoms with Crippen molar-refractivity contribution in [2.24, 2.45) is 0 Å². The Balaban J connectivity index is 1.60. The molecular weight excluding hydrogens is 384 g/mol. The zero-order chi connectivity index (χ0) is 20.1. The van der Waals surface area contributed by atoms with E-state index in [4.69, 9.17) is 0 Å². The van der Waals surface area contributed by atoms with E-state index in [9.17, 15) is 18.4 Å². The van der Waals surface area contributed by atoms with E-state index in [1.165, 1.54) is 13.1 Å². The molecule has 28 heavy (non-hydrogen) atoms. The first kappa shape index (κ1) is 19.9. The monoisotopic (exact) mass is 403 g/mol. The van der Waals surface area contributed by atoms with E-state index in [0.29, 0.717) is 12.8 Å². The number of thiazole rings is 1. The second-order valence-electron chi connectivity index (χ2n) is 6.22. The molecule has 1 unspecified atom stereocenters. The Hall–Kier alpha value is -2.87. The fraction of sp³-hybridized carbons (Fsp3) is 0.250. The van der Waals surface area contributed by atoms with Crippen molar-refractivity contribution >= 4 is 33.4 Å². The zero-order valence-corrected chi connectivity index (χ0v) is 16.0. The number of aryl methyl sites for hydroxylation is 1. The Morgan fingerprint density at radius 2 is 1.93 bits per heavy atom. The van der Waals surface area contributed by atoms with Gasteiger partial charge in [-0.1, -0.05) is 18.2 Å². The molecule has 1 atom stereocenters. The number of amides is 2. The van der Waals surface area contributed by atoms with Crippen LogP contribution in [0.4, 0.5) is 8.78 Å². The van der Waals surface area contributed by atoms with Gasteiger partial charge in [-0.3, -0.25) is 9.59 Å². The maximum absolute atomic E-state index is 13.5. The zero-order valence-electron chi connectivity index (χ0n) is 15.2. The van der Waals surface area contributed by atoms with E-state index in [1.807, 2.05) is 24.3 Å². The molecule has 3 rings (SSSR count). The number of nitrogens with one attached hydrogen (secondary N) is 2. The number of hydrogen-bond acceptors (Lipinski definition) is 4. The summed E-state index contributed by atoms with van der Waals surface area (Å²) in [6, 6.07) is 9.86. The van der Waals surface area contributed by atoms with Crippen LogP contribution in [0.5, 0.6) is 0 Å². The number of hydrogen-bond donors (Lipinski definition) is 2. The van der Waals surface area contributed by atoms with Gasteiger partial charge in [0.2, 0.25) is 11.8 Å². The molecule has 0 aliphatic heterocycles. The molecule has 2 amide bonds. The molecule has 1 aromatic heterocycles. The van der Waals surface area contributed by atoms with Crippen LogP contribution in [-0.4, -0.2) is 23.8 Å². The fourth-order valence-corrected chi connectivity index (χ4v) is 3.81. The van der Waals surface area contributed by atoms with Crippen LogP contribution in [0.3, 0.4) is 0 Å². The fourth-order valence-electron chi connectivity index (χ4n) is 2.80. The third kappa shape index (κ3) is 4.69. The molecule has 0 radical (unpaired) electrons. The van der Waals surface area contributed by atoms with Crippen molar-refractivity contribution in [2.75, 3.05) is 7.05 Å². The first-order valence-corrected chi connectivity index (χ1v) is 9.60. The maximum Gasteiger partial charge on any atom is 0.246 e. The van der Waals surface area contributed by atoms with E-state index in [0.717, 1.165) is 27.4 Å². The van der Waals surface area contributed by atoms with Crippen LogP contribution in [0, 0.1) is 11.6 Å². The Labute approximate surface area is 164 Å². The van der Waals surface area contributed by atoms with Gasteiger partial charge in [0.15, 0.2) is 11.6 Å². The molecule has 0 spiro atoms. The van der Waals surface area contributed by atoms with Gasteiger partial charge in [0.05, 0.1) is 15.2 Å². The lowest BCUT2D eigenvalue weighted by molar-refractivity contribution is -0.129. The number of rotatable bonds is 7. The molecular formula is C20H19F2N3O2S. The summed E-state index contributed by atoms with van der Waals surface area (Å²) in [4.78, 5) is 28.9. The molecule has 1 heterocycles. The second kappa shape index (κ2) is 8.88. The van der Waals surface area contributed by atoms with Crippen molar-refractivity contribution < 1.29 is 18.4 Å².